The molecule has 1 aliphatic heterocycles. The maximum atomic E-state index is 6.27. The van der Waals surface area contributed by atoms with Gasteiger partial charge in [0.25, 0.3) is 0 Å². The number of imidazole rings is 1. The van der Waals surface area contributed by atoms with E-state index in [9.17, 15) is 0 Å². The summed E-state index contributed by atoms with van der Waals surface area (Å²) in [5.41, 5.74) is 3.52. The lowest BCUT2D eigenvalue weighted by molar-refractivity contribution is 0.174. The molecule has 0 aliphatic carbocycles. The predicted octanol–water partition coefficient (Wildman–Crippen LogP) is 3.69. The van der Waals surface area contributed by atoms with Gasteiger partial charge in [0, 0.05) is 23.1 Å². The van der Waals surface area contributed by atoms with Crippen molar-refractivity contribution < 1.29 is 4.74 Å². The number of hydrogen-bond acceptors (Lipinski definition) is 4. The number of methoxy groups -OCH3 is 1. The quantitative estimate of drug-likeness (QED) is 0.497. The molecule has 2 aromatic heterocycles. The van der Waals surface area contributed by atoms with Gasteiger partial charge in [-0.25, -0.2) is 4.98 Å². The van der Waals surface area contributed by atoms with Crippen molar-refractivity contribution in [3.63, 3.8) is 0 Å². The highest BCUT2D eigenvalue weighted by Crippen LogP contribution is 2.34. The van der Waals surface area contributed by atoms with Crippen LogP contribution in [0.4, 0.5) is 0 Å². The molecule has 0 amide bonds. The first kappa shape index (κ1) is 17.8. The van der Waals surface area contributed by atoms with Gasteiger partial charge in [-0.1, -0.05) is 17.5 Å². The van der Waals surface area contributed by atoms with E-state index in [2.05, 4.69) is 52.4 Å². The summed E-state index contributed by atoms with van der Waals surface area (Å²) >= 11 is 6.27. The zero-order valence-corrected chi connectivity index (χ0v) is 16.5. The van der Waals surface area contributed by atoms with E-state index in [0.717, 1.165) is 34.3 Å². The van der Waals surface area contributed by atoms with Gasteiger partial charge in [0.15, 0.2) is 11.6 Å². The molecule has 0 N–H and O–H groups in total. The average molecular weight is 382 g/mol. The Bertz CT molecular complexity index is 1080. The number of aromatic nitrogens is 5. The van der Waals surface area contributed by atoms with Crippen LogP contribution in [0.15, 0.2) is 24.5 Å². The van der Waals surface area contributed by atoms with E-state index in [1.54, 1.807) is 7.11 Å². The average Bonchev–Trinajstić information content (AvgIpc) is 3.15. The fourth-order valence-electron chi connectivity index (χ4n) is 3.07. The lowest BCUT2D eigenvalue weighted by Gasteiger charge is -2.09. The van der Waals surface area contributed by atoms with Gasteiger partial charge in [0.2, 0.25) is 0 Å². The Balaban J connectivity index is 1.96. The van der Waals surface area contributed by atoms with Gasteiger partial charge in [-0.05, 0) is 44.9 Å². The lowest BCUT2D eigenvalue weighted by atomic mass is 9.98. The van der Waals surface area contributed by atoms with Crippen LogP contribution < -0.4 is 0 Å². The molecule has 3 aromatic rings. The Morgan fingerprint density at radius 1 is 1.26 bits per heavy atom. The topological polar surface area (TPSA) is 57.8 Å². The Kier molecular flexibility index (Phi) is 4.29. The molecule has 0 radical (unpaired) electrons. The molecule has 0 atom stereocenters. The maximum Gasteiger partial charge on any atom is 0.166 e. The third-order valence-electron chi connectivity index (χ3n) is 4.29. The number of halogens is 1. The molecule has 6 nitrogen and oxygen atoms in total. The summed E-state index contributed by atoms with van der Waals surface area (Å²) < 4.78 is 9.40. The second-order valence-electron chi connectivity index (χ2n) is 7.53. The van der Waals surface area contributed by atoms with Crippen LogP contribution in [0, 0.1) is 17.3 Å². The third kappa shape index (κ3) is 3.25. The lowest BCUT2D eigenvalue weighted by Crippen LogP contribution is -2.09. The number of nitrogens with zero attached hydrogens (tertiary/aromatic N) is 5. The van der Waals surface area contributed by atoms with Crippen LogP contribution in [0.5, 0.6) is 0 Å². The Morgan fingerprint density at radius 3 is 2.81 bits per heavy atom. The monoisotopic (exact) mass is 381 g/mol. The van der Waals surface area contributed by atoms with Crippen molar-refractivity contribution in [2.45, 2.75) is 33.9 Å². The minimum absolute atomic E-state index is 0.102. The molecule has 1 aliphatic rings. The van der Waals surface area contributed by atoms with Crippen molar-refractivity contribution in [3.05, 3.63) is 46.8 Å². The fourth-order valence-corrected chi connectivity index (χ4v) is 3.24. The van der Waals surface area contributed by atoms with Crippen LogP contribution in [0.1, 0.15) is 38.0 Å². The van der Waals surface area contributed by atoms with Gasteiger partial charge in [0.1, 0.15) is 18.6 Å². The van der Waals surface area contributed by atoms with Crippen molar-refractivity contribution in [1.29, 1.82) is 0 Å². The van der Waals surface area contributed by atoms with Crippen molar-refractivity contribution in [2.24, 2.45) is 5.41 Å². The normalized spacial score (nSPS) is 12.5. The molecule has 138 valence electrons. The Labute approximate surface area is 163 Å². The van der Waals surface area contributed by atoms with Gasteiger partial charge in [0.05, 0.1) is 17.9 Å². The summed E-state index contributed by atoms with van der Waals surface area (Å²) in [4.78, 5) is 4.57. The SMILES string of the molecule is COCc1nnc2n1Cc1c(C#CC(C)(C)C)ncn1-c1ccc(Cl)cc1-2. The minimum Gasteiger partial charge on any atom is -0.377 e. The standard InChI is InChI=1S/C20H20ClN5O/c1-20(2,3)8-7-15-17-10-25-18(11-27-4)23-24-19(25)14-9-13(21)5-6-16(14)26(17)12-22-15/h5-6,9,12H,10-11H2,1-4H3. The molecular weight excluding hydrogens is 362 g/mol. The molecule has 3 heterocycles. The molecule has 0 bridgehead atoms. The highest BCUT2D eigenvalue weighted by Gasteiger charge is 2.25. The van der Waals surface area contributed by atoms with Crippen molar-refractivity contribution in [2.75, 3.05) is 7.11 Å². The second kappa shape index (κ2) is 6.52. The van der Waals surface area contributed by atoms with Gasteiger partial charge in [-0.3, -0.25) is 4.57 Å². The summed E-state index contributed by atoms with van der Waals surface area (Å²) in [6.07, 6.45) is 1.81. The molecule has 4 rings (SSSR count). The van der Waals surface area contributed by atoms with Crippen molar-refractivity contribution in [1.82, 2.24) is 24.3 Å². The molecule has 1 aromatic carbocycles. The molecule has 27 heavy (non-hydrogen) atoms. The Hall–Kier alpha value is -2.62. The summed E-state index contributed by atoms with van der Waals surface area (Å²) in [5.74, 6) is 8.03. The van der Waals surface area contributed by atoms with Crippen molar-refractivity contribution >= 4 is 11.6 Å². The molecule has 0 unspecified atom stereocenters. The van der Waals surface area contributed by atoms with E-state index in [0.29, 0.717) is 18.2 Å². The smallest absolute Gasteiger partial charge is 0.166 e. The van der Waals surface area contributed by atoms with E-state index >= 15 is 0 Å². The summed E-state index contributed by atoms with van der Waals surface area (Å²) in [6, 6.07) is 5.75. The van der Waals surface area contributed by atoms with Gasteiger partial charge in [-0.15, -0.1) is 10.2 Å². The van der Waals surface area contributed by atoms with E-state index in [1.165, 1.54) is 0 Å². The van der Waals surface area contributed by atoms with Crippen LogP contribution in [-0.2, 0) is 17.9 Å². The molecule has 0 spiro atoms. The van der Waals surface area contributed by atoms with Crippen LogP contribution in [0.2, 0.25) is 5.02 Å². The summed E-state index contributed by atoms with van der Waals surface area (Å²) in [5, 5.41) is 9.36. The number of hydrogen-bond donors (Lipinski definition) is 0. The third-order valence-corrected chi connectivity index (χ3v) is 4.53. The number of rotatable bonds is 2. The molecular formula is C20H20ClN5O. The largest absolute Gasteiger partial charge is 0.377 e. The molecule has 0 saturated heterocycles. The van der Waals surface area contributed by atoms with E-state index in [4.69, 9.17) is 16.3 Å². The molecule has 0 fully saturated rings. The highest BCUT2D eigenvalue weighted by molar-refractivity contribution is 6.31. The van der Waals surface area contributed by atoms with Crippen LogP contribution in [0.3, 0.4) is 0 Å². The highest BCUT2D eigenvalue weighted by atomic mass is 35.5. The van der Waals surface area contributed by atoms with Crippen LogP contribution in [-0.4, -0.2) is 31.4 Å². The fraction of sp³-hybridized carbons (Fsp3) is 0.350. The first-order chi connectivity index (χ1) is 12.9. The molecule has 0 saturated carbocycles. The minimum atomic E-state index is -0.102. The summed E-state index contributed by atoms with van der Waals surface area (Å²) in [7, 11) is 1.65. The predicted molar refractivity (Wildman–Crippen MR) is 104 cm³/mol. The zero-order valence-electron chi connectivity index (χ0n) is 15.7. The van der Waals surface area contributed by atoms with Gasteiger partial charge in [-0.2, -0.15) is 0 Å². The van der Waals surface area contributed by atoms with Crippen LogP contribution >= 0.6 is 11.6 Å². The first-order valence-corrected chi connectivity index (χ1v) is 9.06. The molecule has 7 heteroatoms. The number of benzene rings is 1. The second-order valence-corrected chi connectivity index (χ2v) is 7.97. The number of fused-ring (bicyclic) bond motifs is 5. The van der Waals surface area contributed by atoms with Crippen LogP contribution in [0.25, 0.3) is 17.1 Å². The van der Waals surface area contributed by atoms with E-state index in [1.807, 2.05) is 29.1 Å². The number of ether oxygens (including phenoxy) is 1. The Morgan fingerprint density at radius 2 is 2.07 bits per heavy atom. The summed E-state index contributed by atoms with van der Waals surface area (Å²) in [6.45, 7) is 7.18. The first-order valence-electron chi connectivity index (χ1n) is 8.68. The zero-order chi connectivity index (χ0) is 19.2. The van der Waals surface area contributed by atoms with E-state index < -0.39 is 0 Å². The maximum absolute atomic E-state index is 6.27. The van der Waals surface area contributed by atoms with E-state index in [-0.39, 0.29) is 5.41 Å². The van der Waals surface area contributed by atoms with Crippen molar-refractivity contribution in [3.8, 4) is 28.9 Å². The van der Waals surface area contributed by atoms with Gasteiger partial charge < -0.3 is 9.30 Å². The van der Waals surface area contributed by atoms with Gasteiger partial charge >= 0.3 is 0 Å².